The minimum Gasteiger partial charge on any atom is -0.497 e. The number of rotatable bonds is 5. The van der Waals surface area contributed by atoms with Crippen LogP contribution in [0.15, 0.2) is 59.7 Å². The number of H-pyrrole nitrogens is 1. The Morgan fingerprint density at radius 1 is 1.15 bits per heavy atom. The molecule has 136 valence electrons. The molecule has 2 aromatic carbocycles. The molecule has 0 radical (unpaired) electrons. The summed E-state index contributed by atoms with van der Waals surface area (Å²) in [5.41, 5.74) is 4.34. The molecular formula is C19H18N6O2. The Morgan fingerprint density at radius 2 is 2.04 bits per heavy atom. The van der Waals surface area contributed by atoms with E-state index in [0.29, 0.717) is 12.2 Å². The Bertz CT molecular complexity index is 1130. The van der Waals surface area contributed by atoms with Crippen LogP contribution in [0.3, 0.4) is 0 Å². The van der Waals surface area contributed by atoms with Crippen molar-refractivity contribution in [1.82, 2.24) is 30.0 Å². The van der Waals surface area contributed by atoms with Gasteiger partial charge in [0.05, 0.1) is 25.5 Å². The number of benzene rings is 2. The van der Waals surface area contributed by atoms with Gasteiger partial charge in [-0.2, -0.15) is 14.5 Å². The van der Waals surface area contributed by atoms with Crippen LogP contribution >= 0.6 is 0 Å². The van der Waals surface area contributed by atoms with Gasteiger partial charge in [-0.3, -0.25) is 5.10 Å². The third-order valence-electron chi connectivity index (χ3n) is 4.37. The molecule has 8 nitrogen and oxygen atoms in total. The second-order valence-electron chi connectivity index (χ2n) is 6.17. The third kappa shape index (κ3) is 3.24. The van der Waals surface area contributed by atoms with Gasteiger partial charge in [-0.15, -0.1) is 0 Å². The molecule has 0 saturated carbocycles. The minimum absolute atomic E-state index is 0.298. The molecule has 0 aliphatic heterocycles. The van der Waals surface area contributed by atoms with Gasteiger partial charge in [0, 0.05) is 11.8 Å². The zero-order chi connectivity index (χ0) is 18.8. The number of ether oxygens (including phenoxy) is 1. The predicted molar refractivity (Wildman–Crippen MR) is 100 cm³/mol. The van der Waals surface area contributed by atoms with Crippen LogP contribution in [-0.2, 0) is 6.54 Å². The van der Waals surface area contributed by atoms with Crippen molar-refractivity contribution >= 4 is 0 Å². The molecule has 0 aliphatic rings. The fourth-order valence-corrected chi connectivity index (χ4v) is 2.98. The normalized spacial score (nSPS) is 10.9. The van der Waals surface area contributed by atoms with E-state index in [1.807, 2.05) is 55.6 Å². The molecule has 4 aromatic rings. The van der Waals surface area contributed by atoms with Crippen molar-refractivity contribution in [2.45, 2.75) is 13.5 Å². The summed E-state index contributed by atoms with van der Waals surface area (Å²) < 4.78 is 7.84. The number of aromatic nitrogens is 6. The molecule has 0 spiro atoms. The van der Waals surface area contributed by atoms with E-state index in [9.17, 15) is 4.79 Å². The van der Waals surface area contributed by atoms with Crippen molar-refractivity contribution in [1.29, 1.82) is 0 Å². The summed E-state index contributed by atoms with van der Waals surface area (Å²) in [5.74, 6) is 0.735. The second-order valence-corrected chi connectivity index (χ2v) is 6.17. The van der Waals surface area contributed by atoms with Crippen LogP contribution in [0.2, 0.25) is 0 Å². The van der Waals surface area contributed by atoms with E-state index in [0.717, 1.165) is 28.0 Å². The van der Waals surface area contributed by atoms with Crippen molar-refractivity contribution in [2.75, 3.05) is 7.11 Å². The van der Waals surface area contributed by atoms with Crippen molar-refractivity contribution in [2.24, 2.45) is 0 Å². The molecule has 0 aliphatic carbocycles. The van der Waals surface area contributed by atoms with Gasteiger partial charge in [0.2, 0.25) is 0 Å². The Kier molecular flexibility index (Phi) is 4.29. The quantitative estimate of drug-likeness (QED) is 0.588. The molecule has 2 aromatic heterocycles. The first-order chi connectivity index (χ1) is 13.2. The van der Waals surface area contributed by atoms with E-state index in [1.54, 1.807) is 13.3 Å². The summed E-state index contributed by atoms with van der Waals surface area (Å²) in [6, 6.07) is 13.2. The number of hydrogen-bond acceptors (Lipinski definition) is 5. The van der Waals surface area contributed by atoms with Gasteiger partial charge in [0.1, 0.15) is 5.75 Å². The maximum atomic E-state index is 12.7. The van der Waals surface area contributed by atoms with E-state index in [2.05, 4.69) is 20.6 Å². The van der Waals surface area contributed by atoms with Crippen LogP contribution in [0, 0.1) is 6.92 Å². The van der Waals surface area contributed by atoms with Crippen LogP contribution in [0.4, 0.5) is 0 Å². The molecule has 0 atom stereocenters. The molecule has 8 heteroatoms. The minimum atomic E-state index is -0.298. The summed E-state index contributed by atoms with van der Waals surface area (Å²) >= 11 is 0. The Hall–Kier alpha value is -3.68. The lowest BCUT2D eigenvalue weighted by molar-refractivity contribution is 0.414. The molecule has 27 heavy (non-hydrogen) atoms. The van der Waals surface area contributed by atoms with Crippen LogP contribution in [0.1, 0.15) is 11.1 Å². The van der Waals surface area contributed by atoms with Gasteiger partial charge in [-0.05, 0) is 58.3 Å². The largest absolute Gasteiger partial charge is 0.497 e. The molecule has 0 amide bonds. The maximum Gasteiger partial charge on any atom is 0.368 e. The average Bonchev–Trinajstić information content (AvgIpc) is 3.33. The molecular weight excluding hydrogens is 344 g/mol. The number of tetrazole rings is 1. The number of methoxy groups -OCH3 is 1. The van der Waals surface area contributed by atoms with Crippen molar-refractivity contribution in [3.05, 3.63) is 76.5 Å². The van der Waals surface area contributed by atoms with Gasteiger partial charge >= 0.3 is 5.69 Å². The standard InChI is InChI=1S/C19H18N6O2/c1-13-8-16(6-7-18(13)15-10-20-21-11-15)25-19(26)24(22-23-25)12-14-4-3-5-17(9-14)27-2/h3-11H,12H2,1-2H3,(H,20,21). The number of hydrogen-bond donors (Lipinski definition) is 1. The number of aromatic amines is 1. The third-order valence-corrected chi connectivity index (χ3v) is 4.37. The van der Waals surface area contributed by atoms with Crippen LogP contribution in [-0.4, -0.2) is 37.1 Å². The first-order valence-electron chi connectivity index (χ1n) is 8.41. The lowest BCUT2D eigenvalue weighted by Gasteiger charge is -2.06. The highest BCUT2D eigenvalue weighted by atomic mass is 16.5. The molecule has 4 rings (SSSR count). The van der Waals surface area contributed by atoms with Crippen LogP contribution in [0.25, 0.3) is 16.8 Å². The molecule has 0 unspecified atom stereocenters. The highest BCUT2D eigenvalue weighted by Gasteiger charge is 2.12. The number of nitrogens with one attached hydrogen (secondary N) is 1. The van der Waals surface area contributed by atoms with E-state index in [-0.39, 0.29) is 5.69 Å². The second kappa shape index (κ2) is 6.91. The van der Waals surface area contributed by atoms with Crippen molar-refractivity contribution in [3.63, 3.8) is 0 Å². The van der Waals surface area contributed by atoms with Crippen molar-refractivity contribution < 1.29 is 4.74 Å². The molecule has 0 fully saturated rings. The maximum absolute atomic E-state index is 12.7. The SMILES string of the molecule is COc1cccc(Cn2nnn(-c3ccc(-c4cn[nH]c4)c(C)c3)c2=O)c1. The summed E-state index contributed by atoms with van der Waals surface area (Å²) in [4.78, 5) is 12.7. The van der Waals surface area contributed by atoms with Crippen LogP contribution in [0.5, 0.6) is 5.75 Å². The first kappa shape index (κ1) is 16.8. The first-order valence-corrected chi connectivity index (χ1v) is 8.41. The van der Waals surface area contributed by atoms with E-state index in [4.69, 9.17) is 4.74 Å². The van der Waals surface area contributed by atoms with Gasteiger partial charge in [-0.1, -0.05) is 18.2 Å². The molecule has 0 bridgehead atoms. The topological polar surface area (TPSA) is 90.6 Å². The summed E-state index contributed by atoms with van der Waals surface area (Å²) in [6.45, 7) is 2.31. The zero-order valence-electron chi connectivity index (χ0n) is 15.0. The molecule has 1 N–H and O–H groups in total. The number of nitrogens with zero attached hydrogens (tertiary/aromatic N) is 5. The Balaban J connectivity index is 1.64. The van der Waals surface area contributed by atoms with Crippen molar-refractivity contribution in [3.8, 4) is 22.6 Å². The average molecular weight is 362 g/mol. The zero-order valence-corrected chi connectivity index (χ0v) is 15.0. The highest BCUT2D eigenvalue weighted by molar-refractivity contribution is 5.67. The predicted octanol–water partition coefficient (Wildman–Crippen LogP) is 2.18. The smallest absolute Gasteiger partial charge is 0.368 e. The fraction of sp³-hybridized carbons (Fsp3) is 0.158. The summed E-state index contributed by atoms with van der Waals surface area (Å²) in [7, 11) is 1.61. The van der Waals surface area contributed by atoms with E-state index >= 15 is 0 Å². The lowest BCUT2D eigenvalue weighted by atomic mass is 10.0. The Labute approximate surface area is 155 Å². The van der Waals surface area contributed by atoms with E-state index in [1.165, 1.54) is 9.36 Å². The number of aryl methyl sites for hydroxylation is 1. The van der Waals surface area contributed by atoms with Gasteiger partial charge in [0.15, 0.2) is 0 Å². The van der Waals surface area contributed by atoms with Gasteiger partial charge in [-0.25, -0.2) is 4.79 Å². The molecule has 2 heterocycles. The van der Waals surface area contributed by atoms with Crippen LogP contribution < -0.4 is 10.4 Å². The monoisotopic (exact) mass is 362 g/mol. The summed E-state index contributed by atoms with van der Waals surface area (Å²) in [5, 5.41) is 14.8. The van der Waals surface area contributed by atoms with E-state index < -0.39 is 0 Å². The highest BCUT2D eigenvalue weighted by Crippen LogP contribution is 2.23. The lowest BCUT2D eigenvalue weighted by Crippen LogP contribution is -2.24. The Morgan fingerprint density at radius 3 is 2.78 bits per heavy atom. The van der Waals surface area contributed by atoms with Gasteiger partial charge < -0.3 is 4.74 Å². The summed E-state index contributed by atoms with van der Waals surface area (Å²) in [6.07, 6.45) is 3.59. The van der Waals surface area contributed by atoms with Gasteiger partial charge in [0.25, 0.3) is 0 Å². The molecule has 0 saturated heterocycles. The fourth-order valence-electron chi connectivity index (χ4n) is 2.98.